The second kappa shape index (κ2) is 7.07. The van der Waals surface area contributed by atoms with Gasteiger partial charge in [-0.15, -0.1) is 0 Å². The van der Waals surface area contributed by atoms with Crippen molar-refractivity contribution in [1.29, 1.82) is 0 Å². The SMILES string of the molecule is COCCOc1cnc(N2CCN(C(=O)O)CC2)c(F)c1. The van der Waals surface area contributed by atoms with Gasteiger partial charge in [0.1, 0.15) is 12.4 Å². The molecule has 0 aliphatic carbocycles. The number of halogens is 1. The van der Waals surface area contributed by atoms with Gasteiger partial charge in [-0.2, -0.15) is 0 Å². The fourth-order valence-corrected chi connectivity index (χ4v) is 2.08. The predicted molar refractivity (Wildman–Crippen MR) is 73.4 cm³/mol. The van der Waals surface area contributed by atoms with Crippen LogP contribution in [0.2, 0.25) is 0 Å². The summed E-state index contributed by atoms with van der Waals surface area (Å²) in [6, 6.07) is 1.28. The third-order valence-electron chi connectivity index (χ3n) is 3.20. The van der Waals surface area contributed by atoms with Gasteiger partial charge < -0.3 is 24.4 Å². The van der Waals surface area contributed by atoms with Crippen molar-refractivity contribution in [2.45, 2.75) is 0 Å². The van der Waals surface area contributed by atoms with E-state index in [9.17, 15) is 9.18 Å². The van der Waals surface area contributed by atoms with Crippen molar-refractivity contribution in [3.63, 3.8) is 0 Å². The first kappa shape index (κ1) is 15.3. The molecule has 2 heterocycles. The Balaban J connectivity index is 1.96. The van der Waals surface area contributed by atoms with Gasteiger partial charge in [0.05, 0.1) is 12.8 Å². The second-order valence-electron chi connectivity index (χ2n) is 4.57. The molecule has 1 aromatic heterocycles. The zero-order valence-corrected chi connectivity index (χ0v) is 11.8. The second-order valence-corrected chi connectivity index (χ2v) is 4.57. The van der Waals surface area contributed by atoms with Gasteiger partial charge in [0.2, 0.25) is 0 Å². The number of amides is 1. The maximum absolute atomic E-state index is 14.1. The third kappa shape index (κ3) is 3.94. The van der Waals surface area contributed by atoms with Crippen molar-refractivity contribution >= 4 is 11.9 Å². The molecule has 0 atom stereocenters. The lowest BCUT2D eigenvalue weighted by Crippen LogP contribution is -2.48. The fraction of sp³-hybridized carbons (Fsp3) is 0.538. The number of carbonyl (C=O) groups is 1. The van der Waals surface area contributed by atoms with Crippen molar-refractivity contribution in [3.05, 3.63) is 18.1 Å². The van der Waals surface area contributed by atoms with Gasteiger partial charge in [-0.25, -0.2) is 14.2 Å². The zero-order valence-electron chi connectivity index (χ0n) is 11.8. The molecule has 1 aliphatic rings. The van der Waals surface area contributed by atoms with Crippen LogP contribution < -0.4 is 9.64 Å². The number of methoxy groups -OCH3 is 1. The quantitative estimate of drug-likeness (QED) is 0.819. The van der Waals surface area contributed by atoms with Gasteiger partial charge in [-0.05, 0) is 0 Å². The number of ether oxygens (including phenoxy) is 2. The number of anilines is 1. The van der Waals surface area contributed by atoms with Crippen LogP contribution in [-0.2, 0) is 4.74 Å². The predicted octanol–water partition coefficient (Wildman–Crippen LogP) is 1.05. The van der Waals surface area contributed by atoms with Crippen LogP contribution in [-0.4, -0.2) is 67.6 Å². The summed E-state index contributed by atoms with van der Waals surface area (Å²) in [5.41, 5.74) is 0. The Kier molecular flexibility index (Phi) is 5.15. The Morgan fingerprint density at radius 3 is 2.67 bits per heavy atom. The average Bonchev–Trinajstić information content (AvgIpc) is 2.48. The summed E-state index contributed by atoms with van der Waals surface area (Å²) in [6.45, 7) is 2.25. The molecule has 0 bridgehead atoms. The number of hydrogen-bond donors (Lipinski definition) is 1. The molecular weight excluding hydrogens is 281 g/mol. The molecule has 0 unspecified atom stereocenters. The van der Waals surface area contributed by atoms with E-state index in [2.05, 4.69) is 4.98 Å². The molecule has 1 saturated heterocycles. The van der Waals surface area contributed by atoms with Crippen molar-refractivity contribution in [2.24, 2.45) is 0 Å². The Bertz CT molecular complexity index is 492. The molecule has 0 aromatic carbocycles. The minimum absolute atomic E-state index is 0.221. The third-order valence-corrected chi connectivity index (χ3v) is 3.20. The van der Waals surface area contributed by atoms with E-state index < -0.39 is 11.9 Å². The Morgan fingerprint density at radius 1 is 1.38 bits per heavy atom. The van der Waals surface area contributed by atoms with Crippen molar-refractivity contribution < 1.29 is 23.8 Å². The smallest absolute Gasteiger partial charge is 0.407 e. The van der Waals surface area contributed by atoms with E-state index in [4.69, 9.17) is 14.6 Å². The van der Waals surface area contributed by atoms with Crippen molar-refractivity contribution in [3.8, 4) is 5.75 Å². The molecule has 21 heavy (non-hydrogen) atoms. The number of carboxylic acid groups (broad SMARTS) is 1. The van der Waals surface area contributed by atoms with Crippen molar-refractivity contribution in [1.82, 2.24) is 9.88 Å². The highest BCUT2D eigenvalue weighted by Crippen LogP contribution is 2.22. The largest absolute Gasteiger partial charge is 0.489 e. The molecule has 2 rings (SSSR count). The number of nitrogens with zero attached hydrogens (tertiary/aromatic N) is 3. The lowest BCUT2D eigenvalue weighted by atomic mass is 10.3. The van der Waals surface area contributed by atoms with E-state index in [-0.39, 0.29) is 5.82 Å². The van der Waals surface area contributed by atoms with E-state index in [1.54, 1.807) is 12.0 Å². The lowest BCUT2D eigenvalue weighted by molar-refractivity contribution is 0.142. The van der Waals surface area contributed by atoms with Gasteiger partial charge in [0, 0.05) is 39.4 Å². The average molecular weight is 299 g/mol. The summed E-state index contributed by atoms with van der Waals surface area (Å²) in [7, 11) is 1.56. The highest BCUT2D eigenvalue weighted by atomic mass is 19.1. The molecule has 1 aromatic rings. The summed E-state index contributed by atoms with van der Waals surface area (Å²) in [6.07, 6.45) is 0.502. The van der Waals surface area contributed by atoms with Gasteiger partial charge in [0.25, 0.3) is 0 Å². The standard InChI is InChI=1S/C13H18FN3O4/c1-20-6-7-21-10-8-11(14)12(15-9-10)16-2-4-17(5-3-16)13(18)19/h8-9H,2-7H2,1H3,(H,18,19). The topological polar surface area (TPSA) is 75.1 Å². The first-order chi connectivity index (χ1) is 10.1. The van der Waals surface area contributed by atoms with E-state index >= 15 is 0 Å². The minimum Gasteiger partial charge on any atom is -0.489 e. The van der Waals surface area contributed by atoms with Crippen LogP contribution in [0.5, 0.6) is 5.75 Å². The van der Waals surface area contributed by atoms with Crippen molar-refractivity contribution in [2.75, 3.05) is 51.4 Å². The number of hydrogen-bond acceptors (Lipinski definition) is 5. The Labute approximate surface area is 121 Å². The highest BCUT2D eigenvalue weighted by Gasteiger charge is 2.23. The summed E-state index contributed by atoms with van der Waals surface area (Å²) < 4.78 is 24.2. The number of rotatable bonds is 5. The van der Waals surface area contributed by atoms with E-state index in [1.165, 1.54) is 17.2 Å². The van der Waals surface area contributed by atoms with Crippen LogP contribution in [0.1, 0.15) is 0 Å². The van der Waals surface area contributed by atoms with Gasteiger partial charge in [0.15, 0.2) is 11.6 Å². The molecule has 1 aliphatic heterocycles. The summed E-state index contributed by atoms with van der Waals surface area (Å²) >= 11 is 0. The highest BCUT2D eigenvalue weighted by molar-refractivity contribution is 5.65. The first-order valence-electron chi connectivity index (χ1n) is 6.62. The van der Waals surface area contributed by atoms with Crippen LogP contribution in [0, 0.1) is 5.82 Å². The summed E-state index contributed by atoms with van der Waals surface area (Å²) in [5, 5.41) is 8.88. The molecule has 116 valence electrons. The van der Waals surface area contributed by atoms with Gasteiger partial charge >= 0.3 is 6.09 Å². The Morgan fingerprint density at radius 2 is 2.10 bits per heavy atom. The van der Waals surface area contributed by atoms with E-state index in [0.29, 0.717) is 45.1 Å². The molecule has 1 fully saturated rings. The molecule has 0 radical (unpaired) electrons. The lowest BCUT2D eigenvalue weighted by Gasteiger charge is -2.33. The van der Waals surface area contributed by atoms with E-state index in [0.717, 1.165) is 0 Å². The van der Waals surface area contributed by atoms with Crippen LogP contribution in [0.3, 0.4) is 0 Å². The number of pyridine rings is 1. The first-order valence-corrected chi connectivity index (χ1v) is 6.62. The zero-order chi connectivity index (χ0) is 15.2. The van der Waals surface area contributed by atoms with Crippen LogP contribution >= 0.6 is 0 Å². The summed E-state index contributed by atoms with van der Waals surface area (Å²) in [4.78, 5) is 17.9. The van der Waals surface area contributed by atoms with Crippen LogP contribution in [0.4, 0.5) is 15.0 Å². The molecule has 1 N–H and O–H groups in total. The molecule has 0 saturated carbocycles. The molecule has 0 spiro atoms. The molecule has 7 nitrogen and oxygen atoms in total. The molecule has 1 amide bonds. The van der Waals surface area contributed by atoms with Gasteiger partial charge in [-0.1, -0.05) is 0 Å². The number of piperazine rings is 1. The van der Waals surface area contributed by atoms with E-state index in [1.807, 2.05) is 0 Å². The maximum atomic E-state index is 14.1. The van der Waals surface area contributed by atoms with Gasteiger partial charge in [-0.3, -0.25) is 0 Å². The molecular formula is C13H18FN3O4. The fourth-order valence-electron chi connectivity index (χ4n) is 2.08. The Hall–Kier alpha value is -2.09. The minimum atomic E-state index is -0.954. The van der Waals surface area contributed by atoms with Crippen LogP contribution in [0.25, 0.3) is 0 Å². The normalized spacial score (nSPS) is 15.1. The van der Waals surface area contributed by atoms with Crippen LogP contribution in [0.15, 0.2) is 12.3 Å². The summed E-state index contributed by atoms with van der Waals surface area (Å²) in [5.74, 6) is 0.0882. The monoisotopic (exact) mass is 299 g/mol. The maximum Gasteiger partial charge on any atom is 0.407 e. The number of aromatic nitrogens is 1. The molecule has 8 heteroatoms.